The van der Waals surface area contributed by atoms with Crippen molar-refractivity contribution in [1.29, 1.82) is 0 Å². The van der Waals surface area contributed by atoms with E-state index in [0.717, 1.165) is 37.9 Å². The first kappa shape index (κ1) is 11.7. The Morgan fingerprint density at radius 1 is 1.28 bits per heavy atom. The molecule has 1 aromatic rings. The van der Waals surface area contributed by atoms with Crippen LogP contribution >= 0.6 is 0 Å². The lowest BCUT2D eigenvalue weighted by Crippen LogP contribution is -2.30. The van der Waals surface area contributed by atoms with E-state index in [9.17, 15) is 9.90 Å². The normalized spacial score (nSPS) is 25.0. The molecule has 0 bridgehead atoms. The Labute approximate surface area is 107 Å². The molecule has 1 unspecified atom stereocenters. The van der Waals surface area contributed by atoms with Gasteiger partial charge in [-0.2, -0.15) is 0 Å². The SMILES string of the molecule is O=C(Cc1ccc(O)cc1)C1CC12CCNCC2. The van der Waals surface area contributed by atoms with E-state index in [2.05, 4.69) is 5.32 Å². The van der Waals surface area contributed by atoms with Crippen LogP contribution in [0.5, 0.6) is 5.75 Å². The third-order valence-electron chi connectivity index (χ3n) is 4.49. The maximum absolute atomic E-state index is 12.3. The third-order valence-corrected chi connectivity index (χ3v) is 4.49. The summed E-state index contributed by atoms with van der Waals surface area (Å²) in [5.41, 5.74) is 1.34. The molecule has 1 saturated heterocycles. The van der Waals surface area contributed by atoms with Gasteiger partial charge in [0.1, 0.15) is 11.5 Å². The Bertz CT molecular complexity index is 446. The van der Waals surface area contributed by atoms with Crippen molar-refractivity contribution in [1.82, 2.24) is 5.32 Å². The zero-order chi connectivity index (χ0) is 12.6. The summed E-state index contributed by atoms with van der Waals surface area (Å²) in [4.78, 5) is 12.3. The number of carbonyl (C=O) groups excluding carboxylic acids is 1. The predicted molar refractivity (Wildman–Crippen MR) is 69.5 cm³/mol. The zero-order valence-corrected chi connectivity index (χ0v) is 10.5. The fraction of sp³-hybridized carbons (Fsp3) is 0.533. The Hall–Kier alpha value is -1.35. The van der Waals surface area contributed by atoms with Gasteiger partial charge < -0.3 is 10.4 Å². The lowest BCUT2D eigenvalue weighted by atomic mass is 9.89. The van der Waals surface area contributed by atoms with Crippen LogP contribution in [-0.4, -0.2) is 24.0 Å². The van der Waals surface area contributed by atoms with Crippen LogP contribution in [0.25, 0.3) is 0 Å². The molecule has 3 heteroatoms. The van der Waals surface area contributed by atoms with Crippen LogP contribution in [-0.2, 0) is 11.2 Å². The first-order valence-electron chi connectivity index (χ1n) is 6.71. The van der Waals surface area contributed by atoms with Gasteiger partial charge in [-0.25, -0.2) is 0 Å². The maximum Gasteiger partial charge on any atom is 0.140 e. The monoisotopic (exact) mass is 245 g/mol. The minimum absolute atomic E-state index is 0.257. The number of phenols is 1. The molecule has 1 saturated carbocycles. The average Bonchev–Trinajstić information content (AvgIpc) is 3.07. The molecule has 96 valence electrons. The third kappa shape index (κ3) is 2.15. The van der Waals surface area contributed by atoms with E-state index in [-0.39, 0.29) is 11.7 Å². The Morgan fingerprint density at radius 3 is 2.61 bits per heavy atom. The van der Waals surface area contributed by atoms with E-state index >= 15 is 0 Å². The average molecular weight is 245 g/mol. The Kier molecular flexibility index (Phi) is 2.86. The second-order valence-electron chi connectivity index (χ2n) is 5.68. The summed E-state index contributed by atoms with van der Waals surface area (Å²) in [6, 6.07) is 6.97. The molecule has 18 heavy (non-hydrogen) atoms. The number of rotatable bonds is 3. The maximum atomic E-state index is 12.3. The molecule has 0 aromatic heterocycles. The van der Waals surface area contributed by atoms with E-state index in [1.165, 1.54) is 0 Å². The molecule has 1 aliphatic carbocycles. The molecule has 3 rings (SSSR count). The number of hydrogen-bond acceptors (Lipinski definition) is 3. The molecule has 2 fully saturated rings. The van der Waals surface area contributed by atoms with E-state index < -0.39 is 0 Å². The molecule has 3 nitrogen and oxygen atoms in total. The van der Waals surface area contributed by atoms with Crippen LogP contribution in [0.3, 0.4) is 0 Å². The number of piperidine rings is 1. The van der Waals surface area contributed by atoms with Gasteiger partial charge in [0.2, 0.25) is 0 Å². The number of aromatic hydroxyl groups is 1. The smallest absolute Gasteiger partial charge is 0.140 e. The van der Waals surface area contributed by atoms with Crippen LogP contribution in [0.2, 0.25) is 0 Å². The van der Waals surface area contributed by atoms with Gasteiger partial charge in [-0.05, 0) is 55.5 Å². The highest BCUT2D eigenvalue weighted by molar-refractivity contribution is 5.86. The van der Waals surface area contributed by atoms with Crippen molar-refractivity contribution in [3.63, 3.8) is 0 Å². The zero-order valence-electron chi connectivity index (χ0n) is 10.5. The number of ketones is 1. The number of benzene rings is 1. The lowest BCUT2D eigenvalue weighted by molar-refractivity contribution is -0.120. The van der Waals surface area contributed by atoms with Gasteiger partial charge in [0.05, 0.1) is 0 Å². The van der Waals surface area contributed by atoms with Gasteiger partial charge in [-0.3, -0.25) is 4.79 Å². The summed E-state index contributed by atoms with van der Waals surface area (Å²) in [6.45, 7) is 2.12. The summed E-state index contributed by atoms with van der Waals surface area (Å²) in [5, 5.41) is 12.6. The topological polar surface area (TPSA) is 49.3 Å². The number of nitrogens with one attached hydrogen (secondary N) is 1. The highest BCUT2D eigenvalue weighted by Crippen LogP contribution is 2.59. The molecule has 1 aliphatic heterocycles. The minimum Gasteiger partial charge on any atom is -0.508 e. The molecule has 0 radical (unpaired) electrons. The van der Waals surface area contributed by atoms with Crippen LogP contribution in [0, 0.1) is 11.3 Å². The highest BCUT2D eigenvalue weighted by Gasteiger charge is 2.56. The van der Waals surface area contributed by atoms with Crippen LogP contribution < -0.4 is 5.32 Å². The van der Waals surface area contributed by atoms with Crippen LogP contribution in [0.4, 0.5) is 0 Å². The van der Waals surface area contributed by atoms with Gasteiger partial charge in [-0.15, -0.1) is 0 Å². The van der Waals surface area contributed by atoms with Crippen molar-refractivity contribution in [2.45, 2.75) is 25.7 Å². The fourth-order valence-corrected chi connectivity index (χ4v) is 3.22. The number of hydrogen-bond donors (Lipinski definition) is 2. The van der Waals surface area contributed by atoms with Crippen LogP contribution in [0.15, 0.2) is 24.3 Å². The molecular formula is C15H19NO2. The van der Waals surface area contributed by atoms with E-state index in [1.807, 2.05) is 12.1 Å². The summed E-state index contributed by atoms with van der Waals surface area (Å²) in [5.74, 6) is 0.920. The van der Waals surface area contributed by atoms with Gasteiger partial charge in [-0.1, -0.05) is 12.1 Å². The molecule has 1 spiro atoms. The molecular weight excluding hydrogens is 226 g/mol. The first-order chi connectivity index (χ1) is 8.70. The van der Waals surface area contributed by atoms with Gasteiger partial charge in [0.15, 0.2) is 0 Å². The van der Waals surface area contributed by atoms with Crippen LogP contribution in [0.1, 0.15) is 24.8 Å². The van der Waals surface area contributed by atoms with Crippen molar-refractivity contribution in [2.75, 3.05) is 13.1 Å². The molecule has 1 aromatic carbocycles. The quantitative estimate of drug-likeness (QED) is 0.855. The highest BCUT2D eigenvalue weighted by atomic mass is 16.3. The summed E-state index contributed by atoms with van der Waals surface area (Å²) >= 11 is 0. The molecule has 2 N–H and O–H groups in total. The number of carbonyl (C=O) groups is 1. The van der Waals surface area contributed by atoms with E-state index in [0.29, 0.717) is 17.6 Å². The predicted octanol–water partition coefficient (Wildman–Crippen LogP) is 1.89. The van der Waals surface area contributed by atoms with Gasteiger partial charge in [0, 0.05) is 12.3 Å². The standard InChI is InChI=1S/C15H19NO2/c17-12-3-1-11(2-4-12)9-14(18)13-10-15(13)5-7-16-8-6-15/h1-4,13,16-17H,5-10H2. The van der Waals surface area contributed by atoms with Crippen molar-refractivity contribution in [3.8, 4) is 5.75 Å². The Balaban J connectivity index is 1.61. The van der Waals surface area contributed by atoms with Crippen molar-refractivity contribution in [3.05, 3.63) is 29.8 Å². The molecule has 2 aliphatic rings. The fourth-order valence-electron chi connectivity index (χ4n) is 3.22. The van der Waals surface area contributed by atoms with Crippen molar-refractivity contribution >= 4 is 5.78 Å². The molecule has 1 atom stereocenters. The Morgan fingerprint density at radius 2 is 1.94 bits per heavy atom. The number of Topliss-reactive ketones (excluding diaryl/α,β-unsaturated/α-hetero) is 1. The second kappa shape index (κ2) is 4.39. The minimum atomic E-state index is 0.257. The summed E-state index contributed by atoms with van der Waals surface area (Å²) in [6.07, 6.45) is 3.91. The van der Waals surface area contributed by atoms with Gasteiger partial charge in [0.25, 0.3) is 0 Å². The van der Waals surface area contributed by atoms with E-state index in [4.69, 9.17) is 0 Å². The van der Waals surface area contributed by atoms with E-state index in [1.54, 1.807) is 12.1 Å². The lowest BCUT2D eigenvalue weighted by Gasteiger charge is -2.23. The summed E-state index contributed by atoms with van der Waals surface area (Å²) in [7, 11) is 0. The number of phenolic OH excluding ortho intramolecular Hbond substituents is 1. The summed E-state index contributed by atoms with van der Waals surface area (Å²) < 4.78 is 0. The van der Waals surface area contributed by atoms with Crippen molar-refractivity contribution in [2.24, 2.45) is 11.3 Å². The largest absolute Gasteiger partial charge is 0.508 e. The molecule has 1 heterocycles. The second-order valence-corrected chi connectivity index (χ2v) is 5.68. The molecule has 0 amide bonds. The first-order valence-corrected chi connectivity index (χ1v) is 6.71. The van der Waals surface area contributed by atoms with Crippen molar-refractivity contribution < 1.29 is 9.90 Å². The van der Waals surface area contributed by atoms with Gasteiger partial charge >= 0.3 is 0 Å².